The van der Waals surface area contributed by atoms with E-state index in [1.54, 1.807) is 18.2 Å². The lowest BCUT2D eigenvalue weighted by Crippen LogP contribution is -2.44. The average molecular weight is 780 g/mol. The first-order valence-corrected chi connectivity index (χ1v) is 16.4. The minimum Gasteiger partial charge on any atom is -0.443 e. The Morgan fingerprint density at radius 3 is 1.78 bits per heavy atom. The van der Waals surface area contributed by atoms with Gasteiger partial charge in [-0.3, -0.25) is 9.59 Å². The highest BCUT2D eigenvalue weighted by atomic mass is 35.5. The van der Waals surface area contributed by atoms with Crippen molar-refractivity contribution in [3.05, 3.63) is 86.4 Å². The van der Waals surface area contributed by atoms with E-state index in [4.69, 9.17) is 67.5 Å². The first kappa shape index (κ1) is 38.5. The molecule has 1 fully saturated rings. The summed E-state index contributed by atoms with van der Waals surface area (Å²) in [5.41, 5.74) is -3.17. The number of ether oxygens (including phenoxy) is 2. The van der Waals surface area contributed by atoms with Crippen molar-refractivity contribution < 1.29 is 37.4 Å². The van der Waals surface area contributed by atoms with E-state index < -0.39 is 68.7 Å². The van der Waals surface area contributed by atoms with Gasteiger partial charge < -0.3 is 20.1 Å². The molecule has 1 saturated carbocycles. The minimum absolute atomic E-state index is 0.0572. The molecule has 0 spiro atoms. The summed E-state index contributed by atoms with van der Waals surface area (Å²) in [4.78, 5) is 52.3. The number of carbonyl (C=O) groups excluding carboxylic acids is 4. The Balaban J connectivity index is 1.55. The lowest BCUT2D eigenvalue weighted by atomic mass is 10.1. The maximum absolute atomic E-state index is 15.5. The maximum atomic E-state index is 15.5. The van der Waals surface area contributed by atoms with Gasteiger partial charge in [-0.25, -0.2) is 18.4 Å². The number of hydrogen-bond donors (Lipinski definition) is 2. The van der Waals surface area contributed by atoms with Crippen molar-refractivity contribution in [2.24, 2.45) is 5.92 Å². The SMILES string of the molecule is CC(C)(C)OC(=O)N(C(=O)OC(C)(C)C)c1c(F)cc(NC(=O)c2cc(NC(=O)[C@H]3[C@H](c4ccc(Cl)c(Cl)c4)C3(Cl)Cl)ccc2Cl)cc1F. The number of rotatable bonds is 6. The number of nitrogens with one attached hydrogen (secondary N) is 2. The molecule has 0 heterocycles. The van der Waals surface area contributed by atoms with Crippen molar-refractivity contribution in [3.63, 3.8) is 0 Å². The molecule has 0 saturated heterocycles. The van der Waals surface area contributed by atoms with Crippen LogP contribution in [-0.4, -0.2) is 39.5 Å². The molecular formula is C33H30Cl5F2N3O6. The zero-order valence-corrected chi connectivity index (χ0v) is 30.6. The zero-order chi connectivity index (χ0) is 36.8. The van der Waals surface area contributed by atoms with E-state index in [1.165, 1.54) is 59.7 Å². The molecule has 0 aliphatic heterocycles. The fourth-order valence-corrected chi connectivity index (χ4v) is 6.03. The first-order valence-electron chi connectivity index (χ1n) is 14.5. The monoisotopic (exact) mass is 777 g/mol. The van der Waals surface area contributed by atoms with Crippen LogP contribution in [-0.2, 0) is 14.3 Å². The van der Waals surface area contributed by atoms with E-state index in [2.05, 4.69) is 10.6 Å². The predicted octanol–water partition coefficient (Wildman–Crippen LogP) is 10.4. The number of halogens is 7. The summed E-state index contributed by atoms with van der Waals surface area (Å²) in [5.74, 6) is -5.75. The van der Waals surface area contributed by atoms with Gasteiger partial charge in [-0.2, -0.15) is 4.90 Å². The highest BCUT2D eigenvalue weighted by molar-refractivity contribution is 6.53. The standard InChI is InChI=1S/C33H30Cl5F2N3O6/c1-31(2,3)48-29(46)43(30(47)49-32(4,5)6)26-22(39)13-17(14-23(26)40)42-27(44)18-12-16(8-10-19(18)34)41-28(45)25-24(33(25,37)38)15-7-9-20(35)21(36)11-15/h7-14,24-25H,1-6H3,(H,41,45)(H,42,44)/t24-,25+/m0/s1. The van der Waals surface area contributed by atoms with Gasteiger partial charge in [0.2, 0.25) is 5.91 Å². The molecule has 4 amide bonds. The smallest absolute Gasteiger partial charge is 0.424 e. The summed E-state index contributed by atoms with van der Waals surface area (Å²) in [6.07, 6.45) is -2.78. The van der Waals surface area contributed by atoms with Crippen molar-refractivity contribution in [2.45, 2.75) is 63.0 Å². The fraction of sp³-hybridized carbons (Fsp3) is 0.333. The molecule has 262 valence electrons. The van der Waals surface area contributed by atoms with E-state index in [9.17, 15) is 19.2 Å². The van der Waals surface area contributed by atoms with Gasteiger partial charge in [0.25, 0.3) is 5.91 Å². The van der Waals surface area contributed by atoms with Crippen LogP contribution in [0.5, 0.6) is 0 Å². The predicted molar refractivity (Wildman–Crippen MR) is 186 cm³/mol. The van der Waals surface area contributed by atoms with E-state index in [0.717, 1.165) is 0 Å². The number of hydrogen-bond acceptors (Lipinski definition) is 6. The quantitative estimate of drug-likeness (QED) is 0.241. The van der Waals surface area contributed by atoms with Gasteiger partial charge >= 0.3 is 12.2 Å². The molecule has 2 atom stereocenters. The molecule has 0 aromatic heterocycles. The number of imide groups is 1. The van der Waals surface area contributed by atoms with Gasteiger partial charge in [0, 0.05) is 17.3 Å². The second-order valence-electron chi connectivity index (χ2n) is 13.0. The van der Waals surface area contributed by atoms with Crippen LogP contribution in [0.2, 0.25) is 15.1 Å². The van der Waals surface area contributed by atoms with Crippen LogP contribution in [0.15, 0.2) is 48.5 Å². The average Bonchev–Trinajstić information content (AvgIpc) is 3.52. The normalized spacial score (nSPS) is 16.8. The summed E-state index contributed by atoms with van der Waals surface area (Å²) < 4.78 is 39.9. The number of benzene rings is 3. The van der Waals surface area contributed by atoms with Crippen molar-refractivity contribution in [3.8, 4) is 0 Å². The number of carbonyl (C=O) groups is 4. The third-order valence-corrected chi connectivity index (χ3v) is 8.78. The van der Waals surface area contributed by atoms with Gasteiger partial charge in [0.05, 0.1) is 26.5 Å². The van der Waals surface area contributed by atoms with Crippen LogP contribution in [0.1, 0.15) is 63.4 Å². The summed E-state index contributed by atoms with van der Waals surface area (Å²) >= 11 is 31.2. The summed E-state index contributed by atoms with van der Waals surface area (Å²) in [6, 6.07) is 10.1. The molecule has 1 aliphatic carbocycles. The third-order valence-electron chi connectivity index (χ3n) is 6.77. The molecule has 3 aromatic rings. The molecular weight excluding hydrogens is 750 g/mol. The second kappa shape index (κ2) is 14.1. The van der Waals surface area contributed by atoms with Gasteiger partial charge in [-0.15, -0.1) is 23.2 Å². The molecule has 2 N–H and O–H groups in total. The molecule has 1 aliphatic rings. The largest absolute Gasteiger partial charge is 0.443 e. The first-order chi connectivity index (χ1) is 22.5. The number of nitrogens with zero attached hydrogens (tertiary/aromatic N) is 1. The van der Waals surface area contributed by atoms with Crippen molar-refractivity contribution in [1.82, 2.24) is 0 Å². The minimum atomic E-state index is -1.45. The molecule has 16 heteroatoms. The molecule has 0 unspecified atom stereocenters. The Morgan fingerprint density at radius 2 is 1.27 bits per heavy atom. The number of amides is 4. The lowest BCUT2D eigenvalue weighted by Gasteiger charge is -2.29. The van der Waals surface area contributed by atoms with Gasteiger partial charge in [0.15, 0.2) is 11.6 Å². The zero-order valence-electron chi connectivity index (χ0n) is 26.8. The Labute approximate surface area is 306 Å². The molecule has 49 heavy (non-hydrogen) atoms. The van der Waals surface area contributed by atoms with E-state index in [-0.39, 0.29) is 31.9 Å². The van der Waals surface area contributed by atoms with E-state index >= 15 is 8.78 Å². The van der Waals surface area contributed by atoms with Crippen molar-refractivity contribution >= 4 is 99.1 Å². The molecule has 0 radical (unpaired) electrons. The topological polar surface area (TPSA) is 114 Å². The maximum Gasteiger partial charge on any atom is 0.424 e. The fourth-order valence-electron chi connectivity index (χ4n) is 4.69. The van der Waals surface area contributed by atoms with Crippen LogP contribution in [0.3, 0.4) is 0 Å². The summed E-state index contributed by atoms with van der Waals surface area (Å²) in [7, 11) is 0. The van der Waals surface area contributed by atoms with Crippen LogP contribution in [0.25, 0.3) is 0 Å². The van der Waals surface area contributed by atoms with Gasteiger partial charge in [0.1, 0.15) is 21.2 Å². The Morgan fingerprint density at radius 1 is 0.735 bits per heavy atom. The number of alkyl halides is 2. The Hall–Kier alpha value is -3.35. The third kappa shape index (κ3) is 9.07. The van der Waals surface area contributed by atoms with Crippen LogP contribution >= 0.6 is 58.0 Å². The van der Waals surface area contributed by atoms with Crippen LogP contribution in [0.4, 0.5) is 35.4 Å². The second-order valence-corrected chi connectivity index (χ2v) is 15.7. The van der Waals surface area contributed by atoms with E-state index in [0.29, 0.717) is 22.7 Å². The Bertz CT molecular complexity index is 1790. The van der Waals surface area contributed by atoms with Crippen molar-refractivity contribution in [1.29, 1.82) is 0 Å². The molecule has 9 nitrogen and oxygen atoms in total. The van der Waals surface area contributed by atoms with Crippen LogP contribution < -0.4 is 15.5 Å². The highest BCUT2D eigenvalue weighted by Crippen LogP contribution is 2.65. The Kier molecular flexibility index (Phi) is 11.1. The summed E-state index contributed by atoms with van der Waals surface area (Å²) in [6.45, 7) is 8.99. The molecule has 0 bridgehead atoms. The van der Waals surface area contributed by atoms with Gasteiger partial charge in [-0.05, 0) is 89.6 Å². The van der Waals surface area contributed by atoms with Crippen molar-refractivity contribution in [2.75, 3.05) is 15.5 Å². The van der Waals surface area contributed by atoms with Crippen LogP contribution in [0, 0.1) is 17.6 Å². The summed E-state index contributed by atoms with van der Waals surface area (Å²) in [5, 5.41) is 5.49. The van der Waals surface area contributed by atoms with Gasteiger partial charge in [-0.1, -0.05) is 40.9 Å². The van der Waals surface area contributed by atoms with E-state index in [1.807, 2.05) is 0 Å². The number of anilines is 3. The highest BCUT2D eigenvalue weighted by Gasteiger charge is 2.67. The lowest BCUT2D eigenvalue weighted by molar-refractivity contribution is -0.117. The molecule has 3 aromatic carbocycles. The molecule has 4 rings (SSSR count).